The standard InChI is InChI=1S/C15H22Cl2N2O.ClH/c1-10(8-18-4)14(20)19-9-15(2,3)13-11(16)6-5-7-12(13)17;/h5-7,10,18H,8-9H2,1-4H3,(H,19,20);1H. The number of hydrogen-bond donors (Lipinski definition) is 2. The summed E-state index contributed by atoms with van der Waals surface area (Å²) >= 11 is 12.5. The second kappa shape index (κ2) is 8.84. The molecule has 0 radical (unpaired) electrons. The van der Waals surface area contributed by atoms with Gasteiger partial charge in [-0.3, -0.25) is 4.79 Å². The molecule has 3 nitrogen and oxygen atoms in total. The van der Waals surface area contributed by atoms with Gasteiger partial charge in [-0.15, -0.1) is 12.4 Å². The Labute approximate surface area is 143 Å². The summed E-state index contributed by atoms with van der Waals surface area (Å²) in [6.45, 7) is 7.07. The smallest absolute Gasteiger partial charge is 0.224 e. The van der Waals surface area contributed by atoms with Gasteiger partial charge in [0.2, 0.25) is 5.91 Å². The summed E-state index contributed by atoms with van der Waals surface area (Å²) in [5, 5.41) is 7.21. The van der Waals surface area contributed by atoms with Gasteiger partial charge < -0.3 is 10.6 Å². The minimum atomic E-state index is -0.329. The molecule has 0 spiro atoms. The van der Waals surface area contributed by atoms with Crippen LogP contribution in [0.15, 0.2) is 18.2 Å². The topological polar surface area (TPSA) is 41.1 Å². The Kier molecular flexibility index (Phi) is 8.64. The monoisotopic (exact) mass is 352 g/mol. The number of carbonyl (C=O) groups is 1. The van der Waals surface area contributed by atoms with E-state index in [4.69, 9.17) is 23.2 Å². The number of hydrogen-bond acceptors (Lipinski definition) is 2. The Hall–Kier alpha value is -0.480. The van der Waals surface area contributed by atoms with E-state index in [1.165, 1.54) is 0 Å². The van der Waals surface area contributed by atoms with E-state index in [0.29, 0.717) is 23.1 Å². The fourth-order valence-electron chi connectivity index (χ4n) is 2.11. The molecule has 0 aliphatic rings. The molecule has 0 saturated heterocycles. The van der Waals surface area contributed by atoms with Crippen molar-refractivity contribution in [3.05, 3.63) is 33.8 Å². The quantitative estimate of drug-likeness (QED) is 0.819. The van der Waals surface area contributed by atoms with Gasteiger partial charge in [-0.05, 0) is 24.7 Å². The third-order valence-electron chi connectivity index (χ3n) is 3.30. The van der Waals surface area contributed by atoms with Gasteiger partial charge in [-0.2, -0.15) is 0 Å². The van der Waals surface area contributed by atoms with E-state index in [1.54, 1.807) is 0 Å². The predicted molar refractivity (Wildman–Crippen MR) is 92.8 cm³/mol. The highest BCUT2D eigenvalue weighted by Gasteiger charge is 2.27. The van der Waals surface area contributed by atoms with Crippen molar-refractivity contribution < 1.29 is 4.79 Å². The molecule has 0 aliphatic heterocycles. The van der Waals surface area contributed by atoms with Crippen LogP contribution in [0.25, 0.3) is 0 Å². The van der Waals surface area contributed by atoms with Crippen LogP contribution in [0.4, 0.5) is 0 Å². The van der Waals surface area contributed by atoms with Crippen molar-refractivity contribution in [1.29, 1.82) is 0 Å². The number of amides is 1. The Morgan fingerprint density at radius 3 is 2.29 bits per heavy atom. The summed E-state index contributed by atoms with van der Waals surface area (Å²) in [5.74, 6) is -0.0480. The fourth-order valence-corrected chi connectivity index (χ4v) is 3.02. The zero-order valence-corrected chi connectivity index (χ0v) is 15.1. The SMILES string of the molecule is CNCC(C)C(=O)NCC(C)(C)c1c(Cl)cccc1Cl.Cl. The van der Waals surface area contributed by atoms with Gasteiger partial charge in [0, 0.05) is 34.5 Å². The molecule has 1 aromatic carbocycles. The largest absolute Gasteiger partial charge is 0.355 e. The summed E-state index contributed by atoms with van der Waals surface area (Å²) in [6, 6.07) is 5.45. The van der Waals surface area contributed by atoms with Crippen molar-refractivity contribution in [2.75, 3.05) is 20.1 Å². The molecule has 0 saturated carbocycles. The van der Waals surface area contributed by atoms with E-state index in [0.717, 1.165) is 5.56 Å². The van der Waals surface area contributed by atoms with Crippen molar-refractivity contribution in [3.63, 3.8) is 0 Å². The first-order valence-corrected chi connectivity index (χ1v) is 7.42. The first-order chi connectivity index (χ1) is 9.29. The summed E-state index contributed by atoms with van der Waals surface area (Å²) in [6.07, 6.45) is 0. The number of halogens is 3. The van der Waals surface area contributed by atoms with Gasteiger partial charge in [0.15, 0.2) is 0 Å². The fraction of sp³-hybridized carbons (Fsp3) is 0.533. The highest BCUT2D eigenvalue weighted by atomic mass is 35.5. The van der Waals surface area contributed by atoms with Crippen molar-refractivity contribution >= 4 is 41.5 Å². The average molecular weight is 354 g/mol. The normalized spacial score (nSPS) is 12.5. The zero-order chi connectivity index (χ0) is 15.3. The average Bonchev–Trinajstić information content (AvgIpc) is 2.35. The van der Waals surface area contributed by atoms with E-state index >= 15 is 0 Å². The van der Waals surface area contributed by atoms with Crippen LogP contribution < -0.4 is 10.6 Å². The third kappa shape index (κ3) is 5.67. The molecule has 6 heteroatoms. The van der Waals surface area contributed by atoms with Gasteiger partial charge in [-0.1, -0.05) is 50.0 Å². The van der Waals surface area contributed by atoms with Gasteiger partial charge in [0.05, 0.1) is 0 Å². The lowest BCUT2D eigenvalue weighted by molar-refractivity contribution is -0.124. The van der Waals surface area contributed by atoms with E-state index in [-0.39, 0.29) is 29.6 Å². The summed E-state index contributed by atoms with van der Waals surface area (Å²) in [4.78, 5) is 12.0. The van der Waals surface area contributed by atoms with Crippen LogP contribution >= 0.6 is 35.6 Å². The first kappa shape index (κ1) is 20.5. The van der Waals surface area contributed by atoms with Gasteiger partial charge in [0.25, 0.3) is 0 Å². The molecule has 1 unspecified atom stereocenters. The maximum atomic E-state index is 12.0. The Morgan fingerprint density at radius 1 is 1.29 bits per heavy atom. The maximum absolute atomic E-state index is 12.0. The molecule has 2 N–H and O–H groups in total. The molecule has 0 aliphatic carbocycles. The third-order valence-corrected chi connectivity index (χ3v) is 3.93. The lowest BCUT2D eigenvalue weighted by atomic mass is 9.84. The highest BCUT2D eigenvalue weighted by Crippen LogP contribution is 2.35. The van der Waals surface area contributed by atoms with E-state index in [1.807, 2.05) is 46.0 Å². The van der Waals surface area contributed by atoms with E-state index in [9.17, 15) is 4.79 Å². The first-order valence-electron chi connectivity index (χ1n) is 6.66. The number of benzene rings is 1. The molecular formula is C15H23Cl3N2O. The lowest BCUT2D eigenvalue weighted by Crippen LogP contribution is -2.41. The van der Waals surface area contributed by atoms with Crippen molar-refractivity contribution in [1.82, 2.24) is 10.6 Å². The molecule has 1 rings (SSSR count). The van der Waals surface area contributed by atoms with Crippen LogP contribution in [-0.4, -0.2) is 26.0 Å². The molecule has 0 aromatic heterocycles. The van der Waals surface area contributed by atoms with Crippen molar-refractivity contribution in [3.8, 4) is 0 Å². The number of carbonyl (C=O) groups excluding carboxylic acids is 1. The molecule has 21 heavy (non-hydrogen) atoms. The van der Waals surface area contributed by atoms with Crippen molar-refractivity contribution in [2.45, 2.75) is 26.2 Å². The molecule has 0 bridgehead atoms. The van der Waals surface area contributed by atoms with Crippen LogP contribution in [0.1, 0.15) is 26.3 Å². The van der Waals surface area contributed by atoms with Crippen LogP contribution in [0.5, 0.6) is 0 Å². The molecule has 120 valence electrons. The molecule has 1 atom stereocenters. The minimum Gasteiger partial charge on any atom is -0.355 e. The van der Waals surface area contributed by atoms with Crippen LogP contribution in [-0.2, 0) is 10.2 Å². The number of nitrogens with one attached hydrogen (secondary N) is 2. The maximum Gasteiger partial charge on any atom is 0.224 e. The molecule has 0 fully saturated rings. The summed E-state index contributed by atoms with van der Waals surface area (Å²) < 4.78 is 0. The Balaban J connectivity index is 0.00000400. The van der Waals surface area contributed by atoms with Gasteiger partial charge in [0.1, 0.15) is 0 Å². The van der Waals surface area contributed by atoms with Crippen LogP contribution in [0, 0.1) is 5.92 Å². The molecule has 1 amide bonds. The zero-order valence-electron chi connectivity index (χ0n) is 12.8. The van der Waals surface area contributed by atoms with Crippen molar-refractivity contribution in [2.24, 2.45) is 5.92 Å². The summed E-state index contributed by atoms with van der Waals surface area (Å²) in [5.41, 5.74) is 0.537. The van der Waals surface area contributed by atoms with E-state index < -0.39 is 0 Å². The Bertz CT molecular complexity index is 458. The second-order valence-corrected chi connectivity index (χ2v) is 6.47. The lowest BCUT2D eigenvalue weighted by Gasteiger charge is -2.28. The van der Waals surface area contributed by atoms with E-state index in [2.05, 4.69) is 10.6 Å². The minimum absolute atomic E-state index is 0. The van der Waals surface area contributed by atoms with Crippen LogP contribution in [0.3, 0.4) is 0 Å². The van der Waals surface area contributed by atoms with Gasteiger partial charge in [-0.25, -0.2) is 0 Å². The highest BCUT2D eigenvalue weighted by molar-refractivity contribution is 6.36. The number of rotatable bonds is 6. The molecule has 0 heterocycles. The summed E-state index contributed by atoms with van der Waals surface area (Å²) in [7, 11) is 1.83. The molecule has 1 aromatic rings. The van der Waals surface area contributed by atoms with Gasteiger partial charge >= 0.3 is 0 Å². The second-order valence-electron chi connectivity index (χ2n) is 5.66. The van der Waals surface area contributed by atoms with Crippen LogP contribution in [0.2, 0.25) is 10.0 Å². The Morgan fingerprint density at radius 2 is 1.81 bits per heavy atom. The predicted octanol–water partition coefficient (Wildman–Crippen LogP) is 3.66. The molecular weight excluding hydrogens is 331 g/mol.